The molecule has 1 rings (SSSR count). The van der Waals surface area contributed by atoms with Gasteiger partial charge in [-0.05, 0) is 0 Å². The average Bonchev–Trinajstić information content (AvgIpc) is 1.85. The fourth-order valence-electron chi connectivity index (χ4n) is 0.853. The minimum Gasteiger partial charge on any atom is -0.370 e. The van der Waals surface area contributed by atoms with Crippen LogP contribution in [0.3, 0.4) is 0 Å². The molecular formula is C6H7ClN2O2. The van der Waals surface area contributed by atoms with Crippen LogP contribution in [0, 0.1) is 10.1 Å². The Morgan fingerprint density at radius 3 is 2.91 bits per heavy atom. The Bertz CT molecular complexity index is 247. The molecular weight excluding hydrogens is 168 g/mol. The summed E-state index contributed by atoms with van der Waals surface area (Å²) >= 11 is 5.62. The average molecular weight is 175 g/mol. The number of hydrogen-bond donors (Lipinski definition) is 0. The zero-order chi connectivity index (χ0) is 8.43. The molecule has 60 valence electrons. The molecule has 0 radical (unpaired) electrons. The van der Waals surface area contributed by atoms with Crippen molar-refractivity contribution in [2.24, 2.45) is 0 Å². The molecule has 0 saturated carbocycles. The second-order valence-corrected chi connectivity index (χ2v) is 2.80. The van der Waals surface area contributed by atoms with Crippen LogP contribution in [0.5, 0.6) is 0 Å². The molecule has 1 aliphatic rings. The highest BCUT2D eigenvalue weighted by Crippen LogP contribution is 2.14. The topological polar surface area (TPSA) is 46.4 Å². The molecule has 0 spiro atoms. The maximum Gasteiger partial charge on any atom is 0.286 e. The molecule has 11 heavy (non-hydrogen) atoms. The van der Waals surface area contributed by atoms with Crippen molar-refractivity contribution in [2.45, 2.75) is 0 Å². The SMILES string of the molecule is CN1C=C([N+](=O)[O-])C=C(Cl)C1. The van der Waals surface area contributed by atoms with Gasteiger partial charge in [0.2, 0.25) is 0 Å². The summed E-state index contributed by atoms with van der Waals surface area (Å²) in [6.07, 6.45) is 2.81. The minimum absolute atomic E-state index is 0.0313. The lowest BCUT2D eigenvalue weighted by Gasteiger charge is -2.15. The Kier molecular flexibility index (Phi) is 2.14. The van der Waals surface area contributed by atoms with Crippen LogP contribution >= 0.6 is 11.6 Å². The van der Waals surface area contributed by atoms with Crippen molar-refractivity contribution in [1.82, 2.24) is 4.90 Å². The van der Waals surface area contributed by atoms with Gasteiger partial charge in [-0.2, -0.15) is 0 Å². The van der Waals surface area contributed by atoms with E-state index in [-0.39, 0.29) is 5.70 Å². The van der Waals surface area contributed by atoms with Crippen molar-refractivity contribution in [3.63, 3.8) is 0 Å². The third kappa shape index (κ3) is 1.94. The highest BCUT2D eigenvalue weighted by Gasteiger charge is 2.14. The number of allylic oxidation sites excluding steroid dienone is 1. The summed E-state index contributed by atoms with van der Waals surface area (Å²) in [6, 6.07) is 0. The van der Waals surface area contributed by atoms with Gasteiger partial charge < -0.3 is 4.90 Å². The Labute approximate surface area is 68.9 Å². The van der Waals surface area contributed by atoms with Crippen LogP contribution in [-0.2, 0) is 0 Å². The van der Waals surface area contributed by atoms with Crippen molar-refractivity contribution in [2.75, 3.05) is 13.6 Å². The lowest BCUT2D eigenvalue weighted by atomic mass is 10.3. The van der Waals surface area contributed by atoms with E-state index in [2.05, 4.69) is 0 Å². The van der Waals surface area contributed by atoms with Gasteiger partial charge >= 0.3 is 0 Å². The zero-order valence-corrected chi connectivity index (χ0v) is 6.71. The normalized spacial score (nSPS) is 17.5. The van der Waals surface area contributed by atoms with Gasteiger partial charge in [-0.15, -0.1) is 0 Å². The quantitative estimate of drug-likeness (QED) is 0.443. The Balaban J connectivity index is 2.87. The largest absolute Gasteiger partial charge is 0.370 e. The van der Waals surface area contributed by atoms with E-state index < -0.39 is 4.92 Å². The van der Waals surface area contributed by atoms with E-state index in [1.54, 1.807) is 11.9 Å². The fourth-order valence-corrected chi connectivity index (χ4v) is 1.15. The van der Waals surface area contributed by atoms with Gasteiger partial charge in [-0.3, -0.25) is 10.1 Å². The van der Waals surface area contributed by atoms with Gasteiger partial charge in [-0.1, -0.05) is 11.6 Å². The van der Waals surface area contributed by atoms with E-state index in [4.69, 9.17) is 11.6 Å². The fraction of sp³-hybridized carbons (Fsp3) is 0.333. The molecule has 0 atom stereocenters. The zero-order valence-electron chi connectivity index (χ0n) is 5.95. The molecule has 0 aromatic carbocycles. The van der Waals surface area contributed by atoms with Crippen molar-refractivity contribution in [1.29, 1.82) is 0 Å². The Morgan fingerprint density at radius 1 is 1.82 bits per heavy atom. The molecule has 0 saturated heterocycles. The van der Waals surface area contributed by atoms with Crippen LogP contribution in [0.4, 0.5) is 0 Å². The van der Waals surface area contributed by atoms with Crippen LogP contribution in [0.2, 0.25) is 0 Å². The van der Waals surface area contributed by atoms with Crippen LogP contribution < -0.4 is 0 Å². The highest BCUT2D eigenvalue weighted by molar-refractivity contribution is 6.30. The molecule has 0 N–H and O–H groups in total. The summed E-state index contributed by atoms with van der Waals surface area (Å²) in [5.74, 6) is 0. The number of nitro groups is 1. The van der Waals surface area contributed by atoms with Crippen LogP contribution in [0.1, 0.15) is 0 Å². The molecule has 1 aliphatic heterocycles. The lowest BCUT2D eigenvalue weighted by Crippen LogP contribution is -2.18. The van der Waals surface area contributed by atoms with E-state index in [1.165, 1.54) is 12.3 Å². The highest BCUT2D eigenvalue weighted by atomic mass is 35.5. The third-order valence-corrected chi connectivity index (χ3v) is 1.50. The van der Waals surface area contributed by atoms with Crippen molar-refractivity contribution >= 4 is 11.6 Å². The summed E-state index contributed by atoms with van der Waals surface area (Å²) in [5.41, 5.74) is 0.0313. The minimum atomic E-state index is -0.460. The second-order valence-electron chi connectivity index (χ2n) is 2.32. The third-order valence-electron chi connectivity index (χ3n) is 1.27. The molecule has 0 unspecified atom stereocenters. The van der Waals surface area contributed by atoms with Gasteiger partial charge in [0.25, 0.3) is 5.70 Å². The number of halogens is 1. The molecule has 4 nitrogen and oxygen atoms in total. The first-order valence-corrected chi connectivity index (χ1v) is 3.40. The van der Waals surface area contributed by atoms with Gasteiger partial charge in [0.05, 0.1) is 17.7 Å². The molecule has 0 amide bonds. The molecule has 0 bridgehead atoms. The summed E-state index contributed by atoms with van der Waals surface area (Å²) in [6.45, 7) is 0.541. The molecule has 0 aliphatic carbocycles. The van der Waals surface area contributed by atoms with Gasteiger partial charge in [0, 0.05) is 18.2 Å². The van der Waals surface area contributed by atoms with Gasteiger partial charge in [-0.25, -0.2) is 0 Å². The first-order valence-electron chi connectivity index (χ1n) is 3.02. The maximum atomic E-state index is 10.3. The summed E-state index contributed by atoms with van der Waals surface area (Å²) in [4.78, 5) is 11.5. The molecule has 5 heteroatoms. The number of likely N-dealkylation sites (N-methyl/N-ethyl adjacent to an activating group) is 1. The summed E-state index contributed by atoms with van der Waals surface area (Å²) in [7, 11) is 1.74. The predicted molar refractivity (Wildman–Crippen MR) is 41.6 cm³/mol. The van der Waals surface area contributed by atoms with Gasteiger partial charge in [0.15, 0.2) is 0 Å². The first-order chi connectivity index (χ1) is 5.09. The van der Waals surface area contributed by atoms with Crippen molar-refractivity contribution in [3.8, 4) is 0 Å². The number of rotatable bonds is 1. The summed E-state index contributed by atoms with van der Waals surface area (Å²) in [5, 5.41) is 10.7. The van der Waals surface area contributed by atoms with Crippen LogP contribution in [-0.4, -0.2) is 23.4 Å². The summed E-state index contributed by atoms with van der Waals surface area (Å²) < 4.78 is 0. The lowest BCUT2D eigenvalue weighted by molar-refractivity contribution is -0.420. The van der Waals surface area contributed by atoms with Crippen LogP contribution in [0.15, 0.2) is 23.0 Å². The van der Waals surface area contributed by atoms with E-state index in [0.717, 1.165) is 0 Å². The number of hydrogen-bond acceptors (Lipinski definition) is 3. The molecule has 1 heterocycles. The molecule has 0 aromatic rings. The van der Waals surface area contributed by atoms with E-state index in [0.29, 0.717) is 11.6 Å². The molecule has 0 fully saturated rings. The predicted octanol–water partition coefficient (Wildman–Crippen LogP) is 1.17. The monoisotopic (exact) mass is 174 g/mol. The van der Waals surface area contributed by atoms with Crippen molar-refractivity contribution < 1.29 is 4.92 Å². The van der Waals surface area contributed by atoms with Crippen molar-refractivity contribution in [3.05, 3.63) is 33.1 Å². The Morgan fingerprint density at radius 2 is 2.45 bits per heavy atom. The first kappa shape index (κ1) is 8.07. The Hall–Kier alpha value is -1.03. The van der Waals surface area contributed by atoms with Crippen LogP contribution in [0.25, 0.3) is 0 Å². The second kappa shape index (κ2) is 2.92. The van der Waals surface area contributed by atoms with E-state index in [1.807, 2.05) is 0 Å². The van der Waals surface area contributed by atoms with E-state index >= 15 is 0 Å². The molecule has 0 aromatic heterocycles. The van der Waals surface area contributed by atoms with Gasteiger partial charge in [0.1, 0.15) is 0 Å². The standard InChI is InChI=1S/C6H7ClN2O2/c1-8-3-5(7)2-6(4-8)9(10)11/h2,4H,3H2,1H3. The number of nitrogens with zero attached hydrogens (tertiary/aromatic N) is 2. The maximum absolute atomic E-state index is 10.3. The smallest absolute Gasteiger partial charge is 0.286 e. The van der Waals surface area contributed by atoms with E-state index in [9.17, 15) is 10.1 Å².